The lowest BCUT2D eigenvalue weighted by Crippen LogP contribution is -2.11. The lowest BCUT2D eigenvalue weighted by Gasteiger charge is -2.05. The topological polar surface area (TPSA) is 29.1 Å². The van der Waals surface area contributed by atoms with Crippen LogP contribution in [0.5, 0.6) is 0 Å². The van der Waals surface area contributed by atoms with Crippen LogP contribution in [0.4, 0.5) is 10.1 Å². The minimum atomic E-state index is -0.415. The average molecular weight is 229 g/mol. The Morgan fingerprint density at radius 3 is 2.59 bits per heavy atom. The summed E-state index contributed by atoms with van der Waals surface area (Å²) in [5.41, 5.74) is 2.08. The van der Waals surface area contributed by atoms with Crippen LogP contribution in [-0.4, -0.2) is 5.91 Å². The van der Waals surface area contributed by atoms with Crippen LogP contribution >= 0.6 is 0 Å². The molecule has 0 radical (unpaired) electrons. The zero-order chi connectivity index (χ0) is 12.3. The summed E-state index contributed by atoms with van der Waals surface area (Å²) in [5.74, 6) is -0.725. The second-order valence-electron chi connectivity index (χ2n) is 3.83. The zero-order valence-electron chi connectivity index (χ0n) is 9.41. The summed E-state index contributed by atoms with van der Waals surface area (Å²) in [4.78, 5) is 11.8. The number of carbonyl (C=O) groups excluding carboxylic acids is 1. The van der Waals surface area contributed by atoms with E-state index in [2.05, 4.69) is 5.32 Å². The number of hydrogen-bond acceptors (Lipinski definition) is 1. The Balaban J connectivity index is 2.17. The quantitative estimate of drug-likeness (QED) is 0.840. The number of nitrogens with one attached hydrogen (secondary N) is 1. The van der Waals surface area contributed by atoms with Crippen LogP contribution in [0.2, 0.25) is 0 Å². The Labute approximate surface area is 99.1 Å². The van der Waals surface area contributed by atoms with E-state index in [1.165, 1.54) is 18.2 Å². The first-order valence-electron chi connectivity index (χ1n) is 5.29. The highest BCUT2D eigenvalue weighted by Gasteiger charge is 2.06. The molecule has 0 saturated carbocycles. The number of aryl methyl sites for hydroxylation is 1. The maximum Gasteiger partial charge on any atom is 0.255 e. The van der Waals surface area contributed by atoms with Gasteiger partial charge in [-0.2, -0.15) is 0 Å². The van der Waals surface area contributed by atoms with Crippen LogP contribution in [0.15, 0.2) is 48.5 Å². The van der Waals surface area contributed by atoms with E-state index in [-0.39, 0.29) is 5.91 Å². The van der Waals surface area contributed by atoms with Crippen molar-refractivity contribution in [3.05, 3.63) is 65.5 Å². The molecule has 86 valence electrons. The molecule has 2 aromatic rings. The van der Waals surface area contributed by atoms with Gasteiger partial charge in [-0.05, 0) is 42.8 Å². The summed E-state index contributed by atoms with van der Waals surface area (Å²) < 4.78 is 13.0. The molecular weight excluding hydrogens is 217 g/mol. The Morgan fingerprint density at radius 1 is 1.12 bits per heavy atom. The van der Waals surface area contributed by atoms with Crippen molar-refractivity contribution < 1.29 is 9.18 Å². The summed E-state index contributed by atoms with van der Waals surface area (Å²) in [5, 5.41) is 2.72. The minimum Gasteiger partial charge on any atom is -0.322 e. The molecule has 2 aromatic carbocycles. The highest BCUT2D eigenvalue weighted by molar-refractivity contribution is 6.04. The molecule has 17 heavy (non-hydrogen) atoms. The van der Waals surface area contributed by atoms with Gasteiger partial charge in [0.05, 0.1) is 0 Å². The largest absolute Gasteiger partial charge is 0.322 e. The first kappa shape index (κ1) is 11.3. The second kappa shape index (κ2) is 4.78. The average Bonchev–Trinajstić information content (AvgIpc) is 2.29. The van der Waals surface area contributed by atoms with Crippen molar-refractivity contribution in [2.75, 3.05) is 5.32 Å². The molecule has 0 fully saturated rings. The fraction of sp³-hybridized carbons (Fsp3) is 0.0714. The Hall–Kier alpha value is -2.16. The van der Waals surface area contributed by atoms with E-state index < -0.39 is 5.82 Å². The minimum absolute atomic E-state index is 0.310. The van der Waals surface area contributed by atoms with Crippen LogP contribution in [0.3, 0.4) is 0 Å². The van der Waals surface area contributed by atoms with Crippen molar-refractivity contribution in [1.82, 2.24) is 0 Å². The van der Waals surface area contributed by atoms with Crippen molar-refractivity contribution in [1.29, 1.82) is 0 Å². The zero-order valence-corrected chi connectivity index (χ0v) is 9.41. The van der Waals surface area contributed by atoms with Crippen molar-refractivity contribution in [3.8, 4) is 0 Å². The SMILES string of the molecule is Cc1cccc(NC(=O)c2cccc(F)c2)c1. The van der Waals surface area contributed by atoms with Gasteiger partial charge in [0.1, 0.15) is 5.82 Å². The van der Waals surface area contributed by atoms with Crippen molar-refractivity contribution in [2.45, 2.75) is 6.92 Å². The van der Waals surface area contributed by atoms with Gasteiger partial charge in [0.2, 0.25) is 0 Å². The summed E-state index contributed by atoms with van der Waals surface area (Å²) >= 11 is 0. The molecule has 0 bridgehead atoms. The highest BCUT2D eigenvalue weighted by Crippen LogP contribution is 2.12. The summed E-state index contributed by atoms with van der Waals surface area (Å²) in [7, 11) is 0. The number of rotatable bonds is 2. The predicted octanol–water partition coefficient (Wildman–Crippen LogP) is 3.39. The molecule has 0 saturated heterocycles. The van der Waals surface area contributed by atoms with Crippen molar-refractivity contribution >= 4 is 11.6 Å². The Bertz CT molecular complexity index is 551. The molecule has 1 amide bonds. The molecule has 0 spiro atoms. The number of amides is 1. The van der Waals surface area contributed by atoms with Gasteiger partial charge in [-0.3, -0.25) is 4.79 Å². The van der Waals surface area contributed by atoms with Gasteiger partial charge in [-0.1, -0.05) is 18.2 Å². The maximum absolute atomic E-state index is 13.0. The van der Waals surface area contributed by atoms with Crippen LogP contribution in [0.25, 0.3) is 0 Å². The van der Waals surface area contributed by atoms with Crippen molar-refractivity contribution in [3.63, 3.8) is 0 Å². The number of hydrogen-bond donors (Lipinski definition) is 1. The maximum atomic E-state index is 13.0. The van der Waals surface area contributed by atoms with Gasteiger partial charge in [0.15, 0.2) is 0 Å². The van der Waals surface area contributed by atoms with Crippen LogP contribution in [-0.2, 0) is 0 Å². The van der Waals surface area contributed by atoms with Gasteiger partial charge in [0.25, 0.3) is 5.91 Å². The molecule has 0 aliphatic heterocycles. The van der Waals surface area contributed by atoms with E-state index in [1.807, 2.05) is 25.1 Å². The highest BCUT2D eigenvalue weighted by atomic mass is 19.1. The molecular formula is C14H12FNO. The standard InChI is InChI=1S/C14H12FNO/c1-10-4-2-7-13(8-10)16-14(17)11-5-3-6-12(15)9-11/h2-9H,1H3,(H,16,17). The fourth-order valence-electron chi connectivity index (χ4n) is 1.56. The number of carbonyl (C=O) groups is 1. The first-order chi connectivity index (χ1) is 8.15. The van der Waals surface area contributed by atoms with Crippen LogP contribution < -0.4 is 5.32 Å². The smallest absolute Gasteiger partial charge is 0.255 e. The van der Waals surface area contributed by atoms with E-state index in [1.54, 1.807) is 12.1 Å². The second-order valence-corrected chi connectivity index (χ2v) is 3.83. The predicted molar refractivity (Wildman–Crippen MR) is 65.5 cm³/mol. The lowest BCUT2D eigenvalue weighted by molar-refractivity contribution is 0.102. The summed E-state index contributed by atoms with van der Waals surface area (Å²) in [6.45, 7) is 1.94. The Kier molecular flexibility index (Phi) is 3.19. The van der Waals surface area contributed by atoms with E-state index in [0.717, 1.165) is 5.56 Å². The molecule has 0 heterocycles. The van der Waals surface area contributed by atoms with Crippen LogP contribution in [0.1, 0.15) is 15.9 Å². The molecule has 0 unspecified atom stereocenters. The van der Waals surface area contributed by atoms with Gasteiger partial charge in [-0.15, -0.1) is 0 Å². The van der Waals surface area contributed by atoms with E-state index >= 15 is 0 Å². The third-order valence-corrected chi connectivity index (χ3v) is 2.36. The molecule has 0 atom stereocenters. The third-order valence-electron chi connectivity index (χ3n) is 2.36. The fourth-order valence-corrected chi connectivity index (χ4v) is 1.56. The lowest BCUT2D eigenvalue weighted by atomic mass is 10.2. The van der Waals surface area contributed by atoms with Gasteiger partial charge < -0.3 is 5.32 Å². The first-order valence-corrected chi connectivity index (χ1v) is 5.29. The Morgan fingerprint density at radius 2 is 1.88 bits per heavy atom. The van der Waals surface area contributed by atoms with Gasteiger partial charge >= 0.3 is 0 Å². The number of benzene rings is 2. The molecule has 1 N–H and O–H groups in total. The molecule has 2 rings (SSSR count). The molecule has 0 aliphatic rings. The normalized spacial score (nSPS) is 10.0. The monoisotopic (exact) mass is 229 g/mol. The molecule has 0 aliphatic carbocycles. The van der Waals surface area contributed by atoms with E-state index in [9.17, 15) is 9.18 Å². The summed E-state index contributed by atoms with van der Waals surface area (Å²) in [6, 6.07) is 13.1. The summed E-state index contributed by atoms with van der Waals surface area (Å²) in [6.07, 6.45) is 0. The molecule has 0 aromatic heterocycles. The molecule has 2 nitrogen and oxygen atoms in total. The number of halogens is 1. The van der Waals surface area contributed by atoms with E-state index in [4.69, 9.17) is 0 Å². The van der Waals surface area contributed by atoms with Crippen molar-refractivity contribution in [2.24, 2.45) is 0 Å². The van der Waals surface area contributed by atoms with Crippen LogP contribution in [0, 0.1) is 12.7 Å². The van der Waals surface area contributed by atoms with E-state index in [0.29, 0.717) is 11.3 Å². The van der Waals surface area contributed by atoms with Gasteiger partial charge in [-0.25, -0.2) is 4.39 Å². The molecule has 3 heteroatoms. The third kappa shape index (κ3) is 2.91. The number of anilines is 1. The van der Waals surface area contributed by atoms with Gasteiger partial charge in [0, 0.05) is 11.3 Å².